The molecule has 0 atom stereocenters. The molecule has 1 heterocycles. The van der Waals surface area contributed by atoms with Gasteiger partial charge in [-0.1, -0.05) is 32.8 Å². The van der Waals surface area contributed by atoms with E-state index in [2.05, 4.69) is 0 Å². The van der Waals surface area contributed by atoms with E-state index in [9.17, 15) is 18.0 Å². The summed E-state index contributed by atoms with van der Waals surface area (Å²) < 4.78 is 39.8. The zero-order chi connectivity index (χ0) is 16.6. The minimum atomic E-state index is -4.64. The van der Waals surface area contributed by atoms with Gasteiger partial charge < -0.3 is 4.90 Å². The predicted octanol–water partition coefficient (Wildman–Crippen LogP) is 5.12. The molecular weight excluding hydrogens is 311 g/mol. The SMILES string of the molecule is CCCCN(CCCC)C(=O)/C(=C/c1cccs1)C(F)(F)F. The van der Waals surface area contributed by atoms with Crippen molar-refractivity contribution in [1.82, 2.24) is 4.90 Å². The topological polar surface area (TPSA) is 20.3 Å². The number of halogens is 3. The Kier molecular flexibility index (Phi) is 7.65. The summed E-state index contributed by atoms with van der Waals surface area (Å²) in [6, 6.07) is 3.24. The summed E-state index contributed by atoms with van der Waals surface area (Å²) in [5.41, 5.74) is -1.08. The summed E-state index contributed by atoms with van der Waals surface area (Å²) in [5.74, 6) is -0.914. The minimum Gasteiger partial charge on any atom is -0.339 e. The summed E-state index contributed by atoms with van der Waals surface area (Å²) in [7, 11) is 0. The Bertz CT molecular complexity index is 472. The van der Waals surface area contributed by atoms with Crippen molar-refractivity contribution in [3.63, 3.8) is 0 Å². The Hall–Kier alpha value is -1.30. The van der Waals surface area contributed by atoms with E-state index in [1.165, 1.54) is 16.2 Å². The third-order valence-electron chi connectivity index (χ3n) is 3.22. The van der Waals surface area contributed by atoms with Gasteiger partial charge in [0.05, 0.1) is 0 Å². The van der Waals surface area contributed by atoms with E-state index in [1.54, 1.807) is 17.5 Å². The van der Waals surface area contributed by atoms with Crippen LogP contribution in [0.3, 0.4) is 0 Å². The molecule has 0 aliphatic rings. The average Bonchev–Trinajstić information content (AvgIpc) is 2.96. The highest BCUT2D eigenvalue weighted by molar-refractivity contribution is 7.10. The van der Waals surface area contributed by atoms with Crippen molar-refractivity contribution in [1.29, 1.82) is 0 Å². The van der Waals surface area contributed by atoms with Crippen LogP contribution in [0.5, 0.6) is 0 Å². The van der Waals surface area contributed by atoms with E-state index in [0.29, 0.717) is 30.8 Å². The fourth-order valence-corrected chi connectivity index (χ4v) is 2.62. The van der Waals surface area contributed by atoms with Crippen LogP contribution in [0.25, 0.3) is 6.08 Å². The third-order valence-corrected chi connectivity index (χ3v) is 4.04. The van der Waals surface area contributed by atoms with Crippen LogP contribution >= 0.6 is 11.3 Å². The molecule has 0 saturated heterocycles. The quantitative estimate of drug-likeness (QED) is 0.605. The summed E-state index contributed by atoms with van der Waals surface area (Å²) in [6.45, 7) is 4.64. The standard InChI is InChI=1S/C16H22F3NOS/c1-3-5-9-20(10-6-4-2)15(21)14(16(17,18)19)12-13-8-7-11-22-13/h7-8,11-12H,3-6,9-10H2,1-2H3/b14-12-. The molecule has 0 bridgehead atoms. The smallest absolute Gasteiger partial charge is 0.339 e. The van der Waals surface area contributed by atoms with Crippen molar-refractivity contribution in [2.75, 3.05) is 13.1 Å². The van der Waals surface area contributed by atoms with Gasteiger partial charge in [0.2, 0.25) is 0 Å². The van der Waals surface area contributed by atoms with E-state index in [-0.39, 0.29) is 0 Å². The highest BCUT2D eigenvalue weighted by Crippen LogP contribution is 2.30. The average molecular weight is 333 g/mol. The van der Waals surface area contributed by atoms with Gasteiger partial charge in [-0.2, -0.15) is 13.2 Å². The lowest BCUT2D eigenvalue weighted by Crippen LogP contribution is -2.37. The van der Waals surface area contributed by atoms with E-state index < -0.39 is 17.7 Å². The maximum atomic E-state index is 13.3. The lowest BCUT2D eigenvalue weighted by molar-refractivity contribution is -0.139. The molecule has 1 rings (SSSR count). The first-order valence-electron chi connectivity index (χ1n) is 7.51. The van der Waals surface area contributed by atoms with E-state index in [1.807, 2.05) is 13.8 Å². The van der Waals surface area contributed by atoms with Crippen LogP contribution < -0.4 is 0 Å². The Morgan fingerprint density at radius 3 is 2.23 bits per heavy atom. The van der Waals surface area contributed by atoms with Crippen LogP contribution in [0.2, 0.25) is 0 Å². The lowest BCUT2D eigenvalue weighted by atomic mass is 10.1. The predicted molar refractivity (Wildman–Crippen MR) is 84.7 cm³/mol. The molecule has 0 aliphatic heterocycles. The van der Waals surface area contributed by atoms with E-state index >= 15 is 0 Å². The molecule has 124 valence electrons. The number of nitrogens with zero attached hydrogens (tertiary/aromatic N) is 1. The second-order valence-electron chi connectivity index (χ2n) is 5.07. The molecule has 1 aromatic heterocycles. The molecule has 0 unspecified atom stereocenters. The second kappa shape index (κ2) is 8.98. The molecule has 0 fully saturated rings. The number of rotatable bonds is 8. The van der Waals surface area contributed by atoms with Gasteiger partial charge in [-0.05, 0) is 30.4 Å². The molecular formula is C16H22F3NOS. The van der Waals surface area contributed by atoms with E-state index in [4.69, 9.17) is 0 Å². The Balaban J connectivity index is 3.02. The van der Waals surface area contributed by atoms with Crippen molar-refractivity contribution >= 4 is 23.3 Å². The summed E-state index contributed by atoms with van der Waals surface area (Å²) in [5, 5.41) is 1.69. The lowest BCUT2D eigenvalue weighted by Gasteiger charge is -2.24. The first-order chi connectivity index (χ1) is 10.4. The van der Waals surface area contributed by atoms with Crippen molar-refractivity contribution in [3.8, 4) is 0 Å². The summed E-state index contributed by atoms with van der Waals surface area (Å²) >= 11 is 1.19. The van der Waals surface area contributed by atoms with Crippen molar-refractivity contribution in [3.05, 3.63) is 28.0 Å². The molecule has 6 heteroatoms. The van der Waals surface area contributed by atoms with Crippen LogP contribution in [-0.2, 0) is 4.79 Å². The molecule has 0 spiro atoms. The fourth-order valence-electron chi connectivity index (χ4n) is 1.96. The maximum absolute atomic E-state index is 13.3. The van der Waals surface area contributed by atoms with Gasteiger partial charge in [0, 0.05) is 18.0 Å². The van der Waals surface area contributed by atoms with Crippen LogP contribution in [0.15, 0.2) is 23.1 Å². The van der Waals surface area contributed by atoms with Gasteiger partial charge in [-0.25, -0.2) is 0 Å². The van der Waals surface area contributed by atoms with Crippen molar-refractivity contribution in [2.24, 2.45) is 0 Å². The first kappa shape index (κ1) is 18.7. The first-order valence-corrected chi connectivity index (χ1v) is 8.39. The third kappa shape index (κ3) is 5.83. The minimum absolute atomic E-state index is 0.368. The fraction of sp³-hybridized carbons (Fsp3) is 0.562. The molecule has 2 nitrogen and oxygen atoms in total. The highest BCUT2D eigenvalue weighted by atomic mass is 32.1. The number of hydrogen-bond acceptors (Lipinski definition) is 2. The van der Waals surface area contributed by atoms with Crippen LogP contribution in [-0.4, -0.2) is 30.1 Å². The number of hydrogen-bond donors (Lipinski definition) is 0. The van der Waals surface area contributed by atoms with Crippen molar-refractivity contribution < 1.29 is 18.0 Å². The number of unbranched alkanes of at least 4 members (excludes halogenated alkanes) is 2. The molecule has 0 N–H and O–H groups in total. The summed E-state index contributed by atoms with van der Waals surface area (Å²) in [6.07, 6.45) is -0.591. The van der Waals surface area contributed by atoms with Crippen LogP contribution in [0.4, 0.5) is 13.2 Å². The van der Waals surface area contributed by atoms with Crippen molar-refractivity contribution in [2.45, 2.75) is 45.7 Å². The molecule has 0 radical (unpaired) electrons. The van der Waals surface area contributed by atoms with Gasteiger partial charge in [0.1, 0.15) is 5.57 Å². The molecule has 1 aromatic rings. The maximum Gasteiger partial charge on any atom is 0.421 e. The zero-order valence-electron chi connectivity index (χ0n) is 12.9. The number of alkyl halides is 3. The number of amides is 1. The van der Waals surface area contributed by atoms with Gasteiger partial charge >= 0.3 is 6.18 Å². The normalized spacial score (nSPS) is 12.5. The van der Waals surface area contributed by atoms with Gasteiger partial charge in [-0.3, -0.25) is 4.79 Å². The molecule has 0 aromatic carbocycles. The second-order valence-corrected chi connectivity index (χ2v) is 6.05. The van der Waals surface area contributed by atoms with Crippen LogP contribution in [0.1, 0.15) is 44.4 Å². The monoisotopic (exact) mass is 333 g/mol. The Labute approximate surface area is 133 Å². The molecule has 22 heavy (non-hydrogen) atoms. The number of thiophene rings is 1. The van der Waals surface area contributed by atoms with Gasteiger partial charge in [0.25, 0.3) is 5.91 Å². The molecule has 1 amide bonds. The Morgan fingerprint density at radius 1 is 1.23 bits per heavy atom. The highest BCUT2D eigenvalue weighted by Gasteiger charge is 2.40. The zero-order valence-corrected chi connectivity index (χ0v) is 13.8. The van der Waals surface area contributed by atoms with Crippen LogP contribution in [0, 0.1) is 0 Å². The Morgan fingerprint density at radius 2 is 1.82 bits per heavy atom. The van der Waals surface area contributed by atoms with E-state index in [0.717, 1.165) is 18.9 Å². The summed E-state index contributed by atoms with van der Waals surface area (Å²) in [4.78, 5) is 14.1. The number of carbonyl (C=O) groups is 1. The number of carbonyl (C=O) groups excluding carboxylic acids is 1. The molecule has 0 saturated carbocycles. The molecule has 0 aliphatic carbocycles. The van der Waals surface area contributed by atoms with Gasteiger partial charge in [-0.15, -0.1) is 11.3 Å². The largest absolute Gasteiger partial charge is 0.421 e. The van der Waals surface area contributed by atoms with Gasteiger partial charge in [0.15, 0.2) is 0 Å².